The molecule has 0 unspecified atom stereocenters. The number of nitrogens with zero attached hydrogens (tertiary/aromatic N) is 2. The molecule has 1 saturated carbocycles. The Morgan fingerprint density at radius 3 is 2.60 bits per heavy atom. The van der Waals surface area contributed by atoms with Gasteiger partial charge < -0.3 is 20.1 Å². The van der Waals surface area contributed by atoms with Gasteiger partial charge in [-0.25, -0.2) is 4.98 Å². The van der Waals surface area contributed by atoms with Crippen LogP contribution in [0, 0.1) is 5.92 Å². The van der Waals surface area contributed by atoms with Crippen LogP contribution in [0.15, 0.2) is 23.3 Å². The van der Waals surface area contributed by atoms with E-state index in [9.17, 15) is 18.0 Å². The number of esters is 1. The summed E-state index contributed by atoms with van der Waals surface area (Å²) in [5.74, 6) is -0.108. The largest absolute Gasteiger partial charge is 0.475 e. The Hall–Kier alpha value is -1.79. The van der Waals surface area contributed by atoms with Gasteiger partial charge in [0.05, 0.1) is 19.1 Å². The quantitative estimate of drug-likeness (QED) is 0.180. The summed E-state index contributed by atoms with van der Waals surface area (Å²) in [5, 5.41) is 6.28. The van der Waals surface area contributed by atoms with Crippen LogP contribution in [0.4, 0.5) is 13.2 Å². The molecule has 11 heteroatoms. The molecule has 0 aliphatic heterocycles. The lowest BCUT2D eigenvalue weighted by atomic mass is 9.86. The summed E-state index contributed by atoms with van der Waals surface area (Å²) in [5.41, 5.74) is -0.902. The fraction of sp³-hybridized carbons (Fsp3) is 0.632. The Bertz CT molecular complexity index is 696. The zero-order chi connectivity index (χ0) is 21.3. The Balaban J connectivity index is 0.00000450. The first kappa shape index (κ1) is 26.2. The van der Waals surface area contributed by atoms with Gasteiger partial charge in [-0.15, -0.1) is 24.0 Å². The highest BCUT2D eigenvalue weighted by Crippen LogP contribution is 2.34. The molecule has 0 atom stereocenters. The average molecular weight is 544 g/mol. The third-order valence-electron chi connectivity index (χ3n) is 4.62. The first-order valence-electron chi connectivity index (χ1n) is 9.64. The van der Waals surface area contributed by atoms with Gasteiger partial charge in [0, 0.05) is 19.3 Å². The van der Waals surface area contributed by atoms with Crippen LogP contribution >= 0.6 is 24.0 Å². The zero-order valence-corrected chi connectivity index (χ0v) is 19.3. The van der Waals surface area contributed by atoms with E-state index in [1.54, 1.807) is 14.0 Å². The third kappa shape index (κ3) is 8.15. The summed E-state index contributed by atoms with van der Waals surface area (Å²) in [7, 11) is 1.61. The molecule has 0 aromatic carbocycles. The molecular formula is C19H28F3IN4O3. The molecule has 0 bridgehead atoms. The van der Waals surface area contributed by atoms with E-state index in [2.05, 4.69) is 20.6 Å². The number of ether oxygens (including phenoxy) is 2. The van der Waals surface area contributed by atoms with Crippen LogP contribution in [0.5, 0.6) is 5.88 Å². The highest BCUT2D eigenvalue weighted by atomic mass is 127. The lowest BCUT2D eigenvalue weighted by Crippen LogP contribution is -2.46. The minimum atomic E-state index is -4.52. The number of alkyl halides is 3. The maximum atomic E-state index is 12.9. The number of nitrogens with one attached hydrogen (secondary N) is 2. The van der Waals surface area contributed by atoms with Crippen LogP contribution in [0.3, 0.4) is 0 Å². The molecule has 0 radical (unpaired) electrons. The van der Waals surface area contributed by atoms with E-state index >= 15 is 0 Å². The number of hydrogen-bond donors (Lipinski definition) is 2. The number of aromatic nitrogens is 1. The Labute approximate surface area is 191 Å². The Morgan fingerprint density at radius 1 is 1.30 bits per heavy atom. The van der Waals surface area contributed by atoms with Gasteiger partial charge in [-0.05, 0) is 44.7 Å². The van der Waals surface area contributed by atoms with Crippen LogP contribution in [0.25, 0.3) is 0 Å². The van der Waals surface area contributed by atoms with Crippen molar-refractivity contribution in [3.8, 4) is 5.88 Å². The molecule has 7 nitrogen and oxygen atoms in total. The number of carbonyl (C=O) groups is 1. The highest BCUT2D eigenvalue weighted by molar-refractivity contribution is 14.0. The lowest BCUT2D eigenvalue weighted by Gasteiger charge is -2.29. The third-order valence-corrected chi connectivity index (χ3v) is 4.62. The Kier molecular flexibility index (Phi) is 11.2. The predicted molar refractivity (Wildman–Crippen MR) is 117 cm³/mol. The number of aliphatic imine (C=N–C) groups is 1. The van der Waals surface area contributed by atoms with E-state index in [1.165, 1.54) is 12.3 Å². The van der Waals surface area contributed by atoms with E-state index < -0.39 is 17.6 Å². The number of rotatable bonds is 7. The van der Waals surface area contributed by atoms with Crippen molar-refractivity contribution >= 4 is 35.9 Å². The number of guanidine groups is 1. The van der Waals surface area contributed by atoms with Gasteiger partial charge in [0.2, 0.25) is 5.88 Å². The van der Waals surface area contributed by atoms with Crippen LogP contribution < -0.4 is 15.4 Å². The molecular weight excluding hydrogens is 516 g/mol. The summed E-state index contributed by atoms with van der Waals surface area (Å²) in [6.45, 7) is 2.43. The van der Waals surface area contributed by atoms with Crippen molar-refractivity contribution in [2.24, 2.45) is 10.9 Å². The second kappa shape index (κ2) is 12.8. The zero-order valence-electron chi connectivity index (χ0n) is 17.0. The minimum absolute atomic E-state index is 0. The minimum Gasteiger partial charge on any atom is -0.475 e. The normalized spacial score (nSPS) is 19.4. The fourth-order valence-electron chi connectivity index (χ4n) is 3.16. The molecule has 1 fully saturated rings. The second-order valence-corrected chi connectivity index (χ2v) is 6.65. The lowest BCUT2D eigenvalue weighted by molar-refractivity contribution is -0.149. The molecule has 170 valence electrons. The molecule has 2 rings (SSSR count). The standard InChI is InChI=1S/C19H27F3N4O3.HI/c1-3-28-17(27)13-6-8-14(9-7-13)26-18(23-2)25-11-12-29-16-15(19(20,21)22)5-4-10-24-16;/h4-5,10,13-14H,3,6-9,11-12H2,1-2H3,(H2,23,25,26);1H. The summed E-state index contributed by atoms with van der Waals surface area (Å²) in [4.78, 5) is 19.6. The van der Waals surface area contributed by atoms with Gasteiger partial charge in [-0.1, -0.05) is 0 Å². The summed E-state index contributed by atoms with van der Waals surface area (Å²) >= 11 is 0. The van der Waals surface area contributed by atoms with Crippen molar-refractivity contribution in [1.82, 2.24) is 15.6 Å². The molecule has 1 aliphatic carbocycles. The van der Waals surface area contributed by atoms with Crippen molar-refractivity contribution in [1.29, 1.82) is 0 Å². The number of halogens is 4. The number of pyridine rings is 1. The topological polar surface area (TPSA) is 84.8 Å². The fourth-order valence-corrected chi connectivity index (χ4v) is 3.16. The van der Waals surface area contributed by atoms with Gasteiger partial charge in [0.25, 0.3) is 0 Å². The van der Waals surface area contributed by atoms with Crippen LogP contribution in [-0.2, 0) is 15.7 Å². The smallest absolute Gasteiger partial charge is 0.421 e. The van der Waals surface area contributed by atoms with Gasteiger partial charge in [0.1, 0.15) is 12.2 Å². The highest BCUT2D eigenvalue weighted by Gasteiger charge is 2.35. The van der Waals surface area contributed by atoms with E-state index in [-0.39, 0.29) is 55.1 Å². The van der Waals surface area contributed by atoms with E-state index in [1.807, 2.05) is 0 Å². The van der Waals surface area contributed by atoms with Crippen LogP contribution in [-0.4, -0.2) is 49.8 Å². The van der Waals surface area contributed by atoms with Gasteiger partial charge in [0.15, 0.2) is 5.96 Å². The van der Waals surface area contributed by atoms with Gasteiger partial charge >= 0.3 is 12.1 Å². The second-order valence-electron chi connectivity index (χ2n) is 6.65. The number of carbonyl (C=O) groups excluding carboxylic acids is 1. The molecule has 30 heavy (non-hydrogen) atoms. The molecule has 1 aromatic rings. The SMILES string of the molecule is CCOC(=O)C1CCC(NC(=NC)NCCOc2ncccc2C(F)(F)F)CC1.I. The maximum absolute atomic E-state index is 12.9. The molecule has 2 N–H and O–H groups in total. The predicted octanol–water partition coefficient (Wildman–Crippen LogP) is 3.38. The summed E-state index contributed by atoms with van der Waals surface area (Å²) in [6.07, 6.45) is -0.151. The first-order valence-corrected chi connectivity index (χ1v) is 9.64. The molecule has 1 heterocycles. The van der Waals surface area contributed by atoms with Crippen molar-refractivity contribution in [3.63, 3.8) is 0 Å². The maximum Gasteiger partial charge on any atom is 0.421 e. The summed E-state index contributed by atoms with van der Waals surface area (Å²) in [6, 6.07) is 2.32. The summed E-state index contributed by atoms with van der Waals surface area (Å²) < 4.78 is 49.0. The van der Waals surface area contributed by atoms with Crippen molar-refractivity contribution < 1.29 is 27.4 Å². The molecule has 1 aliphatic rings. The van der Waals surface area contributed by atoms with Crippen molar-refractivity contribution in [3.05, 3.63) is 23.9 Å². The Morgan fingerprint density at radius 2 is 2.00 bits per heavy atom. The van der Waals surface area contributed by atoms with Gasteiger partial charge in [-0.2, -0.15) is 13.2 Å². The molecule has 0 spiro atoms. The van der Waals surface area contributed by atoms with Crippen LogP contribution in [0.2, 0.25) is 0 Å². The van der Waals surface area contributed by atoms with E-state index in [0.29, 0.717) is 12.6 Å². The average Bonchev–Trinajstić information content (AvgIpc) is 2.70. The van der Waals surface area contributed by atoms with Crippen molar-refractivity contribution in [2.75, 3.05) is 26.8 Å². The van der Waals surface area contributed by atoms with Crippen LogP contribution in [0.1, 0.15) is 38.2 Å². The van der Waals surface area contributed by atoms with Crippen molar-refractivity contribution in [2.45, 2.75) is 44.8 Å². The monoisotopic (exact) mass is 544 g/mol. The molecule has 0 amide bonds. The van der Waals surface area contributed by atoms with Gasteiger partial charge in [-0.3, -0.25) is 9.79 Å². The molecule has 0 saturated heterocycles. The first-order chi connectivity index (χ1) is 13.8. The van der Waals surface area contributed by atoms with E-state index in [0.717, 1.165) is 31.7 Å². The molecule has 1 aromatic heterocycles. The number of hydrogen-bond acceptors (Lipinski definition) is 5. The van der Waals surface area contributed by atoms with E-state index in [4.69, 9.17) is 9.47 Å².